The molecule has 1 atom stereocenters. The number of anilines is 1. The second-order valence-electron chi connectivity index (χ2n) is 7.02. The molecule has 2 rings (SSSR count). The Labute approximate surface area is 172 Å². The quantitative estimate of drug-likeness (QED) is 0.661. The average Bonchev–Trinajstić information content (AvgIpc) is 3.04. The molecule has 0 fully saturated rings. The van der Waals surface area contributed by atoms with Crippen LogP contribution in [0.4, 0.5) is 10.5 Å². The van der Waals surface area contributed by atoms with E-state index >= 15 is 0 Å². The highest BCUT2D eigenvalue weighted by Crippen LogP contribution is 2.24. The smallest absolute Gasteiger partial charge is 0.408 e. The van der Waals surface area contributed by atoms with Gasteiger partial charge in [0.15, 0.2) is 0 Å². The number of carbonyl (C=O) groups excluding carboxylic acids is 2. The summed E-state index contributed by atoms with van der Waals surface area (Å²) in [4.78, 5) is 23.9. The second-order valence-corrected chi connectivity index (χ2v) is 8.36. The van der Waals surface area contributed by atoms with E-state index in [1.54, 1.807) is 45.9 Å². The molecule has 0 spiro atoms. The number of hydrogen-bond donors (Lipinski definition) is 2. The van der Waals surface area contributed by atoms with Crippen LogP contribution < -0.4 is 10.6 Å². The zero-order valence-electron chi connectivity index (χ0n) is 16.3. The van der Waals surface area contributed by atoms with Gasteiger partial charge in [-0.2, -0.15) is 0 Å². The molecule has 0 aliphatic rings. The molecule has 0 unspecified atom stereocenters. The number of amides is 2. The molecule has 2 aromatic rings. The third-order valence-corrected chi connectivity index (χ3v) is 4.62. The Kier molecular flexibility index (Phi) is 7.31. The molecule has 2 amide bonds. The standard InChI is InChI=1S/C18H23ClN4O4S/c1-10-12(19)7-6-8-13(10)21-14(24)9-28-17-23-22-15(26-17)11(2)20-16(25)27-18(3,4)5/h6-8,11H,9H2,1-5H3,(H,20,25)(H,21,24)/t11-/m0/s1. The van der Waals surface area contributed by atoms with Crippen molar-refractivity contribution in [2.45, 2.75) is 51.5 Å². The maximum Gasteiger partial charge on any atom is 0.408 e. The van der Waals surface area contributed by atoms with E-state index in [9.17, 15) is 9.59 Å². The van der Waals surface area contributed by atoms with Crippen molar-refractivity contribution in [3.8, 4) is 0 Å². The number of benzene rings is 1. The van der Waals surface area contributed by atoms with Gasteiger partial charge in [0.1, 0.15) is 11.6 Å². The van der Waals surface area contributed by atoms with Crippen molar-refractivity contribution in [2.75, 3.05) is 11.1 Å². The average molecular weight is 427 g/mol. The number of aromatic nitrogens is 2. The van der Waals surface area contributed by atoms with Gasteiger partial charge in [0.05, 0.1) is 5.75 Å². The number of nitrogens with one attached hydrogen (secondary N) is 2. The highest BCUT2D eigenvalue weighted by molar-refractivity contribution is 7.99. The zero-order chi connectivity index (χ0) is 20.9. The van der Waals surface area contributed by atoms with Crippen LogP contribution in [0.1, 0.15) is 45.2 Å². The number of hydrogen-bond acceptors (Lipinski definition) is 7. The van der Waals surface area contributed by atoms with Crippen molar-refractivity contribution in [1.82, 2.24) is 15.5 Å². The summed E-state index contributed by atoms with van der Waals surface area (Å²) in [5.74, 6) is 0.0797. The minimum absolute atomic E-state index is 0.0848. The number of carbonyl (C=O) groups is 2. The Morgan fingerprint density at radius 1 is 1.32 bits per heavy atom. The predicted molar refractivity (Wildman–Crippen MR) is 108 cm³/mol. The molecule has 2 N–H and O–H groups in total. The summed E-state index contributed by atoms with van der Waals surface area (Å²) in [6.07, 6.45) is -0.580. The Balaban J connectivity index is 1.86. The number of rotatable bonds is 6. The minimum atomic E-state index is -0.603. The summed E-state index contributed by atoms with van der Waals surface area (Å²) in [5, 5.41) is 14.0. The zero-order valence-corrected chi connectivity index (χ0v) is 17.9. The highest BCUT2D eigenvalue weighted by Gasteiger charge is 2.21. The molecule has 0 aliphatic carbocycles. The van der Waals surface area contributed by atoms with Crippen LogP contribution in [0.5, 0.6) is 0 Å². The summed E-state index contributed by atoms with van der Waals surface area (Å²) >= 11 is 7.14. The Morgan fingerprint density at radius 2 is 2.04 bits per heavy atom. The first-order chi connectivity index (χ1) is 13.0. The van der Waals surface area contributed by atoms with Gasteiger partial charge in [-0.25, -0.2) is 4.79 Å². The third kappa shape index (κ3) is 6.72. The second kappa shape index (κ2) is 9.29. The van der Waals surface area contributed by atoms with E-state index < -0.39 is 17.7 Å². The van der Waals surface area contributed by atoms with E-state index in [4.69, 9.17) is 20.8 Å². The molecule has 0 saturated carbocycles. The van der Waals surface area contributed by atoms with E-state index in [1.807, 2.05) is 6.92 Å². The fourth-order valence-corrected chi connectivity index (χ4v) is 2.80. The monoisotopic (exact) mass is 426 g/mol. The largest absolute Gasteiger partial charge is 0.444 e. The van der Waals surface area contributed by atoms with Crippen molar-refractivity contribution in [3.05, 3.63) is 34.7 Å². The molecule has 0 bridgehead atoms. The molecule has 10 heteroatoms. The third-order valence-electron chi connectivity index (χ3n) is 3.39. The summed E-state index contributed by atoms with van der Waals surface area (Å²) in [6.45, 7) is 8.84. The van der Waals surface area contributed by atoms with E-state index in [0.29, 0.717) is 10.7 Å². The number of thioether (sulfide) groups is 1. The maximum atomic E-state index is 12.1. The molecule has 0 aliphatic heterocycles. The Hall–Kier alpha value is -2.26. The molecule has 1 aromatic carbocycles. The van der Waals surface area contributed by atoms with Crippen molar-refractivity contribution in [1.29, 1.82) is 0 Å². The van der Waals surface area contributed by atoms with Crippen molar-refractivity contribution in [2.24, 2.45) is 0 Å². The molecule has 0 saturated heterocycles. The number of ether oxygens (including phenoxy) is 1. The van der Waals surface area contributed by atoms with Gasteiger partial charge in [-0.05, 0) is 52.3 Å². The van der Waals surface area contributed by atoms with Gasteiger partial charge in [0.25, 0.3) is 5.22 Å². The fourth-order valence-electron chi connectivity index (χ4n) is 2.06. The van der Waals surface area contributed by atoms with Gasteiger partial charge >= 0.3 is 6.09 Å². The molecule has 0 radical (unpaired) electrons. The first-order valence-electron chi connectivity index (χ1n) is 8.56. The highest BCUT2D eigenvalue weighted by atomic mass is 35.5. The van der Waals surface area contributed by atoms with E-state index in [2.05, 4.69) is 20.8 Å². The molecule has 1 aromatic heterocycles. The number of nitrogens with zero attached hydrogens (tertiary/aromatic N) is 2. The SMILES string of the molecule is Cc1c(Cl)cccc1NC(=O)CSc1nnc([C@H](C)NC(=O)OC(C)(C)C)o1. The molecule has 28 heavy (non-hydrogen) atoms. The lowest BCUT2D eigenvalue weighted by Gasteiger charge is -2.20. The van der Waals surface area contributed by atoms with Crippen LogP contribution >= 0.6 is 23.4 Å². The molecular weight excluding hydrogens is 404 g/mol. The first kappa shape index (κ1) is 22.0. The van der Waals surface area contributed by atoms with Gasteiger partial charge in [0, 0.05) is 10.7 Å². The van der Waals surface area contributed by atoms with Crippen LogP contribution in [0.15, 0.2) is 27.8 Å². The van der Waals surface area contributed by atoms with Crippen molar-refractivity contribution in [3.63, 3.8) is 0 Å². The summed E-state index contributed by atoms with van der Waals surface area (Å²) < 4.78 is 10.7. The lowest BCUT2D eigenvalue weighted by Crippen LogP contribution is -2.34. The minimum Gasteiger partial charge on any atom is -0.444 e. The fraction of sp³-hybridized carbons (Fsp3) is 0.444. The first-order valence-corrected chi connectivity index (χ1v) is 9.92. The molecular formula is C18H23ClN4O4S. The van der Waals surface area contributed by atoms with Gasteiger partial charge < -0.3 is 19.8 Å². The van der Waals surface area contributed by atoms with Crippen LogP contribution in [0.25, 0.3) is 0 Å². The van der Waals surface area contributed by atoms with Crippen LogP contribution in [0.3, 0.4) is 0 Å². The van der Waals surface area contributed by atoms with E-state index in [-0.39, 0.29) is 22.8 Å². The molecule has 8 nitrogen and oxygen atoms in total. The van der Waals surface area contributed by atoms with E-state index in [1.165, 1.54) is 0 Å². The lowest BCUT2D eigenvalue weighted by atomic mass is 10.2. The van der Waals surface area contributed by atoms with Crippen molar-refractivity contribution >= 4 is 41.1 Å². The topological polar surface area (TPSA) is 106 Å². The number of alkyl carbamates (subject to hydrolysis) is 1. The van der Waals surface area contributed by atoms with Gasteiger partial charge in [-0.15, -0.1) is 10.2 Å². The summed E-state index contributed by atoms with van der Waals surface area (Å²) in [7, 11) is 0. The van der Waals surface area contributed by atoms with Gasteiger partial charge in [-0.1, -0.05) is 29.4 Å². The molecule has 1 heterocycles. The normalized spacial score (nSPS) is 12.4. The van der Waals surface area contributed by atoms with Crippen molar-refractivity contribution < 1.29 is 18.7 Å². The lowest BCUT2D eigenvalue weighted by molar-refractivity contribution is -0.113. The summed E-state index contributed by atoms with van der Waals surface area (Å²) in [5.41, 5.74) is 0.845. The Morgan fingerprint density at radius 3 is 2.71 bits per heavy atom. The molecule has 152 valence electrons. The Bertz CT molecular complexity index is 850. The van der Waals surface area contributed by atoms with Crippen LogP contribution in [-0.2, 0) is 9.53 Å². The van der Waals surface area contributed by atoms with Crippen LogP contribution in [-0.4, -0.2) is 33.6 Å². The number of halogens is 1. The summed E-state index contributed by atoms with van der Waals surface area (Å²) in [6, 6.07) is 4.77. The van der Waals surface area contributed by atoms with Crippen LogP contribution in [0, 0.1) is 6.92 Å². The van der Waals surface area contributed by atoms with Gasteiger partial charge in [-0.3, -0.25) is 4.79 Å². The maximum absolute atomic E-state index is 12.1. The van der Waals surface area contributed by atoms with Gasteiger partial charge in [0.2, 0.25) is 11.8 Å². The predicted octanol–water partition coefficient (Wildman–Crippen LogP) is 4.35. The van der Waals surface area contributed by atoms with Crippen LogP contribution in [0.2, 0.25) is 5.02 Å². The van der Waals surface area contributed by atoms with E-state index in [0.717, 1.165) is 17.3 Å².